The van der Waals surface area contributed by atoms with Crippen LogP contribution in [0.2, 0.25) is 0 Å². The summed E-state index contributed by atoms with van der Waals surface area (Å²) >= 11 is 0. The van der Waals surface area contributed by atoms with Crippen LogP contribution in [-0.2, 0) is 6.42 Å². The molecule has 5 heteroatoms. The van der Waals surface area contributed by atoms with E-state index < -0.39 is 0 Å². The molecule has 1 atom stereocenters. The Balaban J connectivity index is 1.74. The molecule has 21 heavy (non-hydrogen) atoms. The van der Waals surface area contributed by atoms with E-state index in [1.807, 2.05) is 13.0 Å². The highest BCUT2D eigenvalue weighted by molar-refractivity contribution is 5.48. The third-order valence-corrected chi connectivity index (χ3v) is 4.07. The molecule has 106 valence electrons. The molecule has 0 amide bonds. The van der Waals surface area contributed by atoms with Crippen molar-refractivity contribution in [2.75, 3.05) is 5.32 Å². The number of fused-ring (bicyclic) bond motifs is 2. The average molecular weight is 279 g/mol. The SMILES string of the molecule is Cc1cc(NC2CCCc3ccccc32)n2ncnc2n1. The van der Waals surface area contributed by atoms with E-state index in [-0.39, 0.29) is 0 Å². The van der Waals surface area contributed by atoms with E-state index in [1.165, 1.54) is 24.0 Å². The van der Waals surface area contributed by atoms with Gasteiger partial charge in [-0.1, -0.05) is 24.3 Å². The van der Waals surface area contributed by atoms with E-state index in [9.17, 15) is 0 Å². The van der Waals surface area contributed by atoms with Gasteiger partial charge in [0.1, 0.15) is 12.1 Å². The highest BCUT2D eigenvalue weighted by Gasteiger charge is 2.20. The number of aryl methyl sites for hydroxylation is 2. The maximum atomic E-state index is 4.38. The van der Waals surface area contributed by atoms with Gasteiger partial charge >= 0.3 is 0 Å². The first kappa shape index (κ1) is 12.3. The van der Waals surface area contributed by atoms with Crippen molar-refractivity contribution < 1.29 is 0 Å². The monoisotopic (exact) mass is 279 g/mol. The highest BCUT2D eigenvalue weighted by atomic mass is 15.4. The van der Waals surface area contributed by atoms with Gasteiger partial charge < -0.3 is 5.32 Å². The summed E-state index contributed by atoms with van der Waals surface area (Å²) in [6, 6.07) is 11.0. The van der Waals surface area contributed by atoms with Crippen molar-refractivity contribution in [1.82, 2.24) is 19.6 Å². The molecule has 0 saturated carbocycles. The lowest BCUT2D eigenvalue weighted by Crippen LogP contribution is -2.19. The fourth-order valence-corrected chi connectivity index (χ4v) is 3.12. The van der Waals surface area contributed by atoms with Crippen LogP contribution < -0.4 is 5.32 Å². The van der Waals surface area contributed by atoms with Crippen LogP contribution in [0, 0.1) is 6.92 Å². The molecule has 0 spiro atoms. The Kier molecular flexibility index (Phi) is 2.84. The third-order valence-electron chi connectivity index (χ3n) is 4.07. The van der Waals surface area contributed by atoms with Gasteiger partial charge in [0.05, 0.1) is 6.04 Å². The largest absolute Gasteiger partial charge is 0.363 e. The number of hydrogen-bond donors (Lipinski definition) is 1. The maximum Gasteiger partial charge on any atom is 0.254 e. The van der Waals surface area contributed by atoms with Crippen LogP contribution >= 0.6 is 0 Å². The minimum absolute atomic E-state index is 0.323. The number of benzene rings is 1. The molecule has 0 aliphatic heterocycles. The first-order chi connectivity index (χ1) is 10.3. The van der Waals surface area contributed by atoms with Crippen molar-refractivity contribution >= 4 is 11.6 Å². The fourth-order valence-electron chi connectivity index (χ4n) is 3.12. The van der Waals surface area contributed by atoms with Crippen LogP contribution in [0.1, 0.15) is 35.7 Å². The van der Waals surface area contributed by atoms with Crippen molar-refractivity contribution in [2.24, 2.45) is 0 Å². The second-order valence-corrected chi connectivity index (χ2v) is 5.54. The number of nitrogens with zero attached hydrogens (tertiary/aromatic N) is 4. The average Bonchev–Trinajstić information content (AvgIpc) is 2.96. The number of nitrogens with one attached hydrogen (secondary N) is 1. The second kappa shape index (κ2) is 4.84. The van der Waals surface area contributed by atoms with E-state index >= 15 is 0 Å². The summed E-state index contributed by atoms with van der Waals surface area (Å²) in [4.78, 5) is 8.56. The minimum Gasteiger partial charge on any atom is -0.363 e. The van der Waals surface area contributed by atoms with E-state index in [4.69, 9.17) is 0 Å². The maximum absolute atomic E-state index is 4.38. The Morgan fingerprint density at radius 1 is 1.29 bits per heavy atom. The van der Waals surface area contributed by atoms with Crippen molar-refractivity contribution in [1.29, 1.82) is 0 Å². The molecule has 5 nitrogen and oxygen atoms in total. The van der Waals surface area contributed by atoms with Crippen LogP contribution in [-0.4, -0.2) is 19.6 Å². The van der Waals surface area contributed by atoms with Crippen LogP contribution in [0.3, 0.4) is 0 Å². The molecule has 1 N–H and O–H groups in total. The van der Waals surface area contributed by atoms with Gasteiger partial charge in [-0.25, -0.2) is 4.98 Å². The molecule has 0 radical (unpaired) electrons. The molecule has 1 aromatic carbocycles. The smallest absolute Gasteiger partial charge is 0.254 e. The molecule has 0 fully saturated rings. The minimum atomic E-state index is 0.323. The Bertz CT molecular complexity index is 792. The van der Waals surface area contributed by atoms with Gasteiger partial charge in [0, 0.05) is 11.8 Å². The number of aromatic nitrogens is 4. The van der Waals surface area contributed by atoms with Crippen molar-refractivity contribution in [2.45, 2.75) is 32.2 Å². The number of anilines is 1. The molecular formula is C16H17N5. The summed E-state index contributed by atoms with van der Waals surface area (Å²) < 4.78 is 1.77. The molecule has 1 aliphatic carbocycles. The molecule has 2 aromatic heterocycles. The summed E-state index contributed by atoms with van der Waals surface area (Å²) in [5.74, 6) is 1.60. The molecular weight excluding hydrogens is 262 g/mol. The van der Waals surface area contributed by atoms with Crippen molar-refractivity contribution in [3.05, 3.63) is 53.5 Å². The van der Waals surface area contributed by atoms with Gasteiger partial charge in [-0.05, 0) is 37.3 Å². The van der Waals surface area contributed by atoms with E-state index in [2.05, 4.69) is 44.6 Å². The molecule has 0 bridgehead atoms. The van der Waals surface area contributed by atoms with Crippen molar-refractivity contribution in [3.8, 4) is 0 Å². The fraction of sp³-hybridized carbons (Fsp3) is 0.312. The molecule has 3 aromatic rings. The lowest BCUT2D eigenvalue weighted by molar-refractivity contribution is 0.596. The predicted octanol–water partition coefficient (Wildman–Crippen LogP) is 2.92. The van der Waals surface area contributed by atoms with Crippen LogP contribution in [0.25, 0.3) is 5.78 Å². The zero-order valence-electron chi connectivity index (χ0n) is 12.0. The van der Waals surface area contributed by atoms with Gasteiger partial charge in [-0.15, -0.1) is 0 Å². The van der Waals surface area contributed by atoms with Crippen LogP contribution in [0.4, 0.5) is 5.82 Å². The molecule has 0 saturated heterocycles. The standard InChI is InChI=1S/C16H17N5/c1-11-9-15(21-16(19-11)17-10-18-21)20-14-8-4-6-12-5-2-3-7-13(12)14/h2-3,5,7,9-10,14,20H,4,6,8H2,1H3. The zero-order chi connectivity index (χ0) is 14.2. The second-order valence-electron chi connectivity index (χ2n) is 5.54. The first-order valence-electron chi connectivity index (χ1n) is 7.33. The summed E-state index contributed by atoms with van der Waals surface area (Å²) in [5.41, 5.74) is 3.79. The summed E-state index contributed by atoms with van der Waals surface area (Å²) in [7, 11) is 0. The molecule has 1 unspecified atom stereocenters. The summed E-state index contributed by atoms with van der Waals surface area (Å²) in [6.45, 7) is 1.98. The highest BCUT2D eigenvalue weighted by Crippen LogP contribution is 2.32. The Labute approximate surface area is 123 Å². The van der Waals surface area contributed by atoms with Gasteiger partial charge in [-0.3, -0.25) is 0 Å². The van der Waals surface area contributed by atoms with Gasteiger partial charge in [0.25, 0.3) is 5.78 Å². The molecule has 1 aliphatic rings. The molecule has 2 heterocycles. The summed E-state index contributed by atoms with van der Waals surface area (Å²) in [6.07, 6.45) is 5.05. The normalized spacial score (nSPS) is 17.7. The Hall–Kier alpha value is -2.43. The van der Waals surface area contributed by atoms with Gasteiger partial charge in [0.2, 0.25) is 0 Å². The van der Waals surface area contributed by atoms with Crippen LogP contribution in [0.15, 0.2) is 36.7 Å². The third kappa shape index (κ3) is 2.14. The number of hydrogen-bond acceptors (Lipinski definition) is 4. The summed E-state index contributed by atoms with van der Waals surface area (Å²) in [5, 5.41) is 7.89. The lowest BCUT2D eigenvalue weighted by Gasteiger charge is -2.27. The van der Waals surface area contributed by atoms with Gasteiger partial charge in [0.15, 0.2) is 0 Å². The predicted molar refractivity (Wildman–Crippen MR) is 81.3 cm³/mol. The Morgan fingerprint density at radius 2 is 2.19 bits per heavy atom. The van der Waals surface area contributed by atoms with E-state index in [0.717, 1.165) is 17.9 Å². The topological polar surface area (TPSA) is 55.1 Å². The van der Waals surface area contributed by atoms with E-state index in [1.54, 1.807) is 10.8 Å². The molecule has 4 rings (SSSR count). The first-order valence-corrected chi connectivity index (χ1v) is 7.33. The number of rotatable bonds is 2. The van der Waals surface area contributed by atoms with E-state index in [0.29, 0.717) is 11.8 Å². The van der Waals surface area contributed by atoms with Crippen LogP contribution in [0.5, 0.6) is 0 Å². The lowest BCUT2D eigenvalue weighted by atomic mass is 9.88. The van der Waals surface area contributed by atoms with Crippen molar-refractivity contribution in [3.63, 3.8) is 0 Å². The quantitative estimate of drug-likeness (QED) is 0.783. The zero-order valence-corrected chi connectivity index (χ0v) is 12.0. The van der Waals surface area contributed by atoms with Gasteiger partial charge in [-0.2, -0.15) is 14.6 Å². The Morgan fingerprint density at radius 3 is 3.14 bits per heavy atom.